The first-order valence-corrected chi connectivity index (χ1v) is 12.9. The number of hydrogen-bond acceptors (Lipinski definition) is 10. The first kappa shape index (κ1) is 25.1. The van der Waals surface area contributed by atoms with Crippen LogP contribution in [0.4, 0.5) is 5.82 Å². The SMILES string of the molecule is COc1ccc(CN2C3CC2CN(c2ccc(-c4cc(OC[C@H](O)CN)cn5ncc(C#N)c45)cn2)C3)cn1. The van der Waals surface area contributed by atoms with Crippen LogP contribution in [0.1, 0.15) is 17.5 Å². The zero-order valence-corrected chi connectivity index (χ0v) is 21.6. The molecule has 3 atom stereocenters. The van der Waals surface area contributed by atoms with Gasteiger partial charge in [0.05, 0.1) is 30.6 Å². The van der Waals surface area contributed by atoms with Gasteiger partial charge in [-0.05, 0) is 30.2 Å². The lowest BCUT2D eigenvalue weighted by Crippen LogP contribution is -2.68. The Kier molecular flexibility index (Phi) is 6.74. The number of aliphatic hydroxyl groups is 1. The number of anilines is 1. The van der Waals surface area contributed by atoms with Gasteiger partial charge in [0.25, 0.3) is 0 Å². The number of piperazine rings is 1. The van der Waals surface area contributed by atoms with Gasteiger partial charge in [0, 0.05) is 67.8 Å². The van der Waals surface area contributed by atoms with Gasteiger partial charge in [0.15, 0.2) is 0 Å². The number of nitrogens with two attached hydrogens (primary N) is 1. The van der Waals surface area contributed by atoms with Gasteiger partial charge in [-0.3, -0.25) is 4.90 Å². The van der Waals surface area contributed by atoms with E-state index in [0.717, 1.165) is 36.6 Å². The number of methoxy groups -OCH3 is 1. The van der Waals surface area contributed by atoms with Crippen LogP contribution in [0.5, 0.6) is 11.6 Å². The zero-order valence-electron chi connectivity index (χ0n) is 21.6. The fraction of sp³-hybridized carbons (Fsp3) is 0.357. The Balaban J connectivity index is 1.18. The molecule has 3 aliphatic heterocycles. The molecule has 0 radical (unpaired) electrons. The Morgan fingerprint density at radius 1 is 1.15 bits per heavy atom. The molecule has 3 aliphatic rings. The van der Waals surface area contributed by atoms with Crippen LogP contribution in [-0.2, 0) is 6.54 Å². The number of hydrogen-bond donors (Lipinski definition) is 2. The molecule has 3 fully saturated rings. The van der Waals surface area contributed by atoms with Crippen molar-refractivity contribution in [2.75, 3.05) is 38.3 Å². The molecule has 7 rings (SSSR count). The van der Waals surface area contributed by atoms with Crippen LogP contribution in [0.3, 0.4) is 0 Å². The normalized spacial score (nSPS) is 19.4. The van der Waals surface area contributed by atoms with Gasteiger partial charge >= 0.3 is 0 Å². The topological polar surface area (TPSA) is 138 Å². The number of pyridine rings is 3. The Morgan fingerprint density at radius 3 is 2.67 bits per heavy atom. The molecular formula is C28H30N8O3. The van der Waals surface area contributed by atoms with E-state index in [1.165, 1.54) is 18.2 Å². The number of nitriles is 1. The standard InChI is InChI=1S/C28H30N8O3/c1-38-27-5-2-18(10-32-27)13-35-21-6-22(35)15-34(14-21)26-4-3-19(11-31-26)25-7-24(39-17-23(37)9-30)16-36-28(25)20(8-29)12-33-36/h2-5,7,10-12,16,21-23,37H,6,9,13-15,17,30H2,1H3/t21?,22?,23-/m1/s1. The van der Waals surface area contributed by atoms with E-state index in [2.05, 4.69) is 32.0 Å². The van der Waals surface area contributed by atoms with Crippen molar-refractivity contribution >= 4 is 11.3 Å². The quantitative estimate of drug-likeness (QED) is 0.332. The van der Waals surface area contributed by atoms with E-state index in [4.69, 9.17) is 20.2 Å². The predicted octanol–water partition coefficient (Wildman–Crippen LogP) is 1.83. The Labute approximate surface area is 226 Å². The van der Waals surface area contributed by atoms with Gasteiger partial charge in [0.2, 0.25) is 5.88 Å². The monoisotopic (exact) mass is 526 g/mol. The number of fused-ring (bicyclic) bond motifs is 3. The van der Waals surface area contributed by atoms with Gasteiger partial charge in [0.1, 0.15) is 30.3 Å². The molecule has 3 saturated heterocycles. The molecule has 4 aromatic rings. The minimum absolute atomic E-state index is 0.0638. The lowest BCUT2D eigenvalue weighted by Gasteiger charge is -2.56. The number of nitrogens with zero attached hydrogens (tertiary/aromatic N) is 7. The zero-order chi connectivity index (χ0) is 26.9. The van der Waals surface area contributed by atoms with Crippen molar-refractivity contribution in [3.63, 3.8) is 0 Å². The molecule has 4 aromatic heterocycles. The van der Waals surface area contributed by atoms with Gasteiger partial charge in [-0.1, -0.05) is 6.07 Å². The van der Waals surface area contributed by atoms with E-state index in [-0.39, 0.29) is 13.2 Å². The Morgan fingerprint density at radius 2 is 2.00 bits per heavy atom. The molecule has 7 heterocycles. The van der Waals surface area contributed by atoms with Crippen molar-refractivity contribution in [2.45, 2.75) is 31.2 Å². The van der Waals surface area contributed by atoms with E-state index in [9.17, 15) is 10.4 Å². The Bertz CT molecular complexity index is 1490. The van der Waals surface area contributed by atoms with Crippen molar-refractivity contribution in [2.24, 2.45) is 5.73 Å². The highest BCUT2D eigenvalue weighted by molar-refractivity contribution is 5.85. The van der Waals surface area contributed by atoms with E-state index in [1.54, 1.807) is 17.8 Å². The second-order valence-electron chi connectivity index (χ2n) is 9.99. The van der Waals surface area contributed by atoms with Crippen molar-refractivity contribution in [1.29, 1.82) is 5.26 Å². The first-order chi connectivity index (χ1) is 19.1. The van der Waals surface area contributed by atoms with E-state index >= 15 is 0 Å². The summed E-state index contributed by atoms with van der Waals surface area (Å²) in [5.74, 6) is 2.08. The van der Waals surface area contributed by atoms with Crippen molar-refractivity contribution in [1.82, 2.24) is 24.5 Å². The summed E-state index contributed by atoms with van der Waals surface area (Å²) in [7, 11) is 1.63. The fourth-order valence-electron chi connectivity index (χ4n) is 5.44. The summed E-state index contributed by atoms with van der Waals surface area (Å²) in [6, 6.07) is 13.1. The van der Waals surface area contributed by atoms with E-state index < -0.39 is 6.10 Å². The molecule has 39 heavy (non-hydrogen) atoms. The molecule has 2 bridgehead atoms. The Hall–Kier alpha value is -4.24. The second-order valence-corrected chi connectivity index (χ2v) is 9.99. The van der Waals surface area contributed by atoms with Crippen LogP contribution in [0.15, 0.2) is 55.1 Å². The number of rotatable bonds is 9. The highest BCUT2D eigenvalue weighted by atomic mass is 16.5. The molecule has 0 amide bonds. The summed E-state index contributed by atoms with van der Waals surface area (Å²) in [5, 5.41) is 23.8. The molecule has 0 aliphatic carbocycles. The van der Waals surface area contributed by atoms with Crippen molar-refractivity contribution in [3.05, 3.63) is 66.2 Å². The minimum Gasteiger partial charge on any atom is -0.489 e. The van der Waals surface area contributed by atoms with Crippen molar-refractivity contribution in [3.8, 4) is 28.8 Å². The van der Waals surface area contributed by atoms with Gasteiger partial charge in [-0.15, -0.1) is 0 Å². The second kappa shape index (κ2) is 10.5. The molecule has 200 valence electrons. The first-order valence-electron chi connectivity index (χ1n) is 12.9. The summed E-state index contributed by atoms with van der Waals surface area (Å²) in [5.41, 5.74) is 9.47. The van der Waals surface area contributed by atoms with Crippen LogP contribution in [0.25, 0.3) is 16.6 Å². The van der Waals surface area contributed by atoms with Crippen LogP contribution in [-0.4, -0.2) is 81.1 Å². The number of ether oxygens (including phenoxy) is 2. The summed E-state index contributed by atoms with van der Waals surface area (Å²) in [4.78, 5) is 14.0. The van der Waals surface area contributed by atoms with E-state index in [1.807, 2.05) is 36.7 Å². The largest absolute Gasteiger partial charge is 0.489 e. The number of piperidine rings is 1. The summed E-state index contributed by atoms with van der Waals surface area (Å²) >= 11 is 0. The number of aliphatic hydroxyl groups excluding tert-OH is 1. The molecule has 0 aromatic carbocycles. The minimum atomic E-state index is -0.767. The van der Waals surface area contributed by atoms with Gasteiger partial charge < -0.3 is 25.2 Å². The third-order valence-corrected chi connectivity index (χ3v) is 7.52. The predicted molar refractivity (Wildman–Crippen MR) is 144 cm³/mol. The highest BCUT2D eigenvalue weighted by Gasteiger charge is 2.44. The summed E-state index contributed by atoms with van der Waals surface area (Å²) in [6.07, 6.45) is 7.38. The fourth-order valence-corrected chi connectivity index (χ4v) is 5.44. The average molecular weight is 527 g/mol. The average Bonchev–Trinajstić information content (AvgIpc) is 3.41. The molecule has 11 nitrogen and oxygen atoms in total. The van der Waals surface area contributed by atoms with Crippen LogP contribution >= 0.6 is 0 Å². The molecule has 11 heteroatoms. The van der Waals surface area contributed by atoms with Crippen LogP contribution in [0, 0.1) is 11.3 Å². The highest BCUT2D eigenvalue weighted by Crippen LogP contribution is 2.36. The third kappa shape index (κ3) is 4.85. The third-order valence-electron chi connectivity index (χ3n) is 7.52. The lowest BCUT2D eigenvalue weighted by molar-refractivity contribution is -0.00876. The maximum absolute atomic E-state index is 9.81. The maximum Gasteiger partial charge on any atom is 0.212 e. The molecular weight excluding hydrogens is 496 g/mol. The van der Waals surface area contributed by atoms with Crippen LogP contribution < -0.4 is 20.1 Å². The molecule has 2 unspecified atom stereocenters. The molecule has 0 spiro atoms. The summed E-state index contributed by atoms with van der Waals surface area (Å²) < 4.78 is 12.5. The smallest absolute Gasteiger partial charge is 0.212 e. The van der Waals surface area contributed by atoms with E-state index in [0.29, 0.717) is 34.8 Å². The molecule has 0 saturated carbocycles. The molecule has 3 N–H and O–H groups in total. The number of aromatic nitrogens is 4. The summed E-state index contributed by atoms with van der Waals surface area (Å²) in [6.45, 7) is 2.90. The van der Waals surface area contributed by atoms with Crippen LogP contribution in [0.2, 0.25) is 0 Å². The van der Waals surface area contributed by atoms with Gasteiger partial charge in [-0.25, -0.2) is 14.5 Å². The maximum atomic E-state index is 9.81. The van der Waals surface area contributed by atoms with Crippen molar-refractivity contribution < 1.29 is 14.6 Å². The van der Waals surface area contributed by atoms with Gasteiger partial charge in [-0.2, -0.15) is 10.4 Å². The lowest BCUT2D eigenvalue weighted by atomic mass is 9.87.